The molecule has 0 bridgehead atoms. The van der Waals surface area contributed by atoms with Crippen molar-refractivity contribution in [1.82, 2.24) is 5.06 Å². The number of likely N-dealkylation sites (N-methyl/N-ethyl adjacent to an activating group) is 1. The van der Waals surface area contributed by atoms with Crippen LogP contribution in [0.25, 0.3) is 16.9 Å². The summed E-state index contributed by atoms with van der Waals surface area (Å²) in [7, 11) is 1.34. The van der Waals surface area contributed by atoms with Crippen LogP contribution in [0.5, 0.6) is 5.75 Å². The second-order valence-corrected chi connectivity index (χ2v) is 10.3. The number of fused-ring (bicyclic) bond motifs is 3. The Morgan fingerprint density at radius 1 is 1.07 bits per heavy atom. The SMILES string of the molecule is CN(O)CC(=O)Nc1ccc(-c2ccc(O)c3c2C[C@H]2C[C@H]4CC(=O)C(C(N)=O)=C(O)[C@@]4(O)C(=O)C2=C3O)cc1. The Morgan fingerprint density at radius 3 is 2.38 bits per heavy atom. The van der Waals surface area contributed by atoms with Gasteiger partial charge in [0.1, 0.15) is 29.4 Å². The van der Waals surface area contributed by atoms with Crippen LogP contribution in [0.1, 0.15) is 24.0 Å². The zero-order valence-corrected chi connectivity index (χ0v) is 21.3. The number of nitrogens with two attached hydrogens (primary N) is 1. The van der Waals surface area contributed by atoms with Crippen molar-refractivity contribution in [2.45, 2.75) is 24.9 Å². The third-order valence-corrected chi connectivity index (χ3v) is 7.80. The summed E-state index contributed by atoms with van der Waals surface area (Å²) in [6.07, 6.45) is -0.199. The minimum atomic E-state index is -2.62. The van der Waals surface area contributed by atoms with E-state index in [0.717, 1.165) is 5.06 Å². The highest BCUT2D eigenvalue weighted by atomic mass is 16.5. The predicted octanol–water partition coefficient (Wildman–Crippen LogP) is 1.35. The summed E-state index contributed by atoms with van der Waals surface area (Å²) in [5, 5.41) is 56.6. The van der Waals surface area contributed by atoms with Crippen molar-refractivity contribution in [2.75, 3.05) is 18.9 Å². The number of amides is 2. The summed E-state index contributed by atoms with van der Waals surface area (Å²) in [6.45, 7) is -0.222. The third kappa shape index (κ3) is 4.13. The zero-order valence-electron chi connectivity index (χ0n) is 21.3. The van der Waals surface area contributed by atoms with Crippen molar-refractivity contribution in [2.24, 2.45) is 17.6 Å². The molecular formula is C28H27N3O9. The van der Waals surface area contributed by atoms with Crippen LogP contribution in [0.2, 0.25) is 0 Å². The van der Waals surface area contributed by atoms with Gasteiger partial charge in [0.05, 0.1) is 5.56 Å². The quantitative estimate of drug-likeness (QED) is 0.210. The minimum absolute atomic E-state index is 0.00649. The molecular weight excluding hydrogens is 522 g/mol. The highest BCUT2D eigenvalue weighted by Gasteiger charge is 2.60. The van der Waals surface area contributed by atoms with Crippen LogP contribution < -0.4 is 11.1 Å². The molecule has 0 aliphatic heterocycles. The lowest BCUT2D eigenvalue weighted by molar-refractivity contribution is -0.147. The van der Waals surface area contributed by atoms with Crippen molar-refractivity contribution in [3.05, 3.63) is 64.4 Å². The molecule has 0 radical (unpaired) electrons. The fourth-order valence-electron chi connectivity index (χ4n) is 6.03. The fraction of sp³-hybridized carbons (Fsp3) is 0.286. The number of carbonyl (C=O) groups excluding carboxylic acids is 4. The number of carbonyl (C=O) groups is 4. The Balaban J connectivity index is 1.56. The number of rotatable bonds is 5. The van der Waals surface area contributed by atoms with Crippen molar-refractivity contribution >= 4 is 34.8 Å². The summed E-state index contributed by atoms with van der Waals surface area (Å²) in [5.41, 5.74) is 3.87. The number of primary amides is 1. The maximum atomic E-state index is 13.6. The number of phenols is 1. The van der Waals surface area contributed by atoms with Gasteiger partial charge in [-0.2, -0.15) is 5.06 Å². The van der Waals surface area contributed by atoms with Crippen molar-refractivity contribution in [3.8, 4) is 16.9 Å². The average molecular weight is 550 g/mol. The number of Topliss-reactive ketones (excluding diaryl/α,β-unsaturated/α-hetero) is 2. The first-order valence-corrected chi connectivity index (χ1v) is 12.5. The molecule has 1 fully saturated rings. The highest BCUT2D eigenvalue weighted by molar-refractivity contribution is 6.22. The Bertz CT molecular complexity index is 1540. The van der Waals surface area contributed by atoms with Gasteiger partial charge in [0.2, 0.25) is 11.7 Å². The van der Waals surface area contributed by atoms with E-state index in [2.05, 4.69) is 5.32 Å². The molecule has 0 spiro atoms. The van der Waals surface area contributed by atoms with E-state index < -0.39 is 64.3 Å². The van der Waals surface area contributed by atoms with Gasteiger partial charge in [-0.1, -0.05) is 18.2 Å². The molecule has 12 nitrogen and oxygen atoms in total. The van der Waals surface area contributed by atoms with E-state index in [1.807, 2.05) is 0 Å². The maximum absolute atomic E-state index is 13.6. The predicted molar refractivity (Wildman–Crippen MR) is 140 cm³/mol. The van der Waals surface area contributed by atoms with Crippen LogP contribution in [-0.2, 0) is 25.6 Å². The molecule has 3 atom stereocenters. The number of benzene rings is 2. The molecule has 40 heavy (non-hydrogen) atoms. The second-order valence-electron chi connectivity index (χ2n) is 10.3. The van der Waals surface area contributed by atoms with Gasteiger partial charge < -0.3 is 36.7 Å². The largest absolute Gasteiger partial charge is 0.508 e. The minimum Gasteiger partial charge on any atom is -0.508 e. The van der Waals surface area contributed by atoms with Crippen LogP contribution in [-0.4, -0.2) is 73.3 Å². The Kier molecular flexibility index (Phi) is 6.49. The first-order chi connectivity index (χ1) is 18.8. The van der Waals surface area contributed by atoms with Crippen LogP contribution in [0.3, 0.4) is 0 Å². The summed E-state index contributed by atoms with van der Waals surface area (Å²) < 4.78 is 0. The van der Waals surface area contributed by atoms with E-state index in [4.69, 9.17) is 5.73 Å². The van der Waals surface area contributed by atoms with Gasteiger partial charge in [-0.25, -0.2) is 0 Å². The van der Waals surface area contributed by atoms with Gasteiger partial charge in [0.15, 0.2) is 11.4 Å². The number of ketones is 2. The molecule has 3 aliphatic carbocycles. The van der Waals surface area contributed by atoms with E-state index in [0.29, 0.717) is 22.4 Å². The summed E-state index contributed by atoms with van der Waals surface area (Å²) in [4.78, 5) is 49.9. The van der Waals surface area contributed by atoms with E-state index in [9.17, 15) is 44.8 Å². The summed E-state index contributed by atoms with van der Waals surface area (Å²) in [6, 6.07) is 9.75. The first-order valence-electron chi connectivity index (χ1n) is 12.5. The standard InChI is InChI=1S/C28H27N3O9/c1-31(40)11-20(34)30-15-4-2-12(3-5-15)16-6-7-18(32)22-17(16)9-13-8-14-10-19(33)23(27(29)38)26(37)28(14,39)25(36)21(13)24(22)35/h2-7,13-14,32,35,37,39-40H,8-11H2,1H3,(H2,29,38)(H,30,34)/t13-,14+,28+/m1/s1. The molecule has 0 saturated heterocycles. The number of phenolic OH excluding ortho intramolecular Hbond substituents is 1. The van der Waals surface area contributed by atoms with Gasteiger partial charge in [0, 0.05) is 30.6 Å². The summed E-state index contributed by atoms with van der Waals surface area (Å²) in [5.74, 6) is -7.24. The third-order valence-electron chi connectivity index (χ3n) is 7.80. The molecule has 0 heterocycles. The normalized spacial score (nSPS) is 24.0. The van der Waals surface area contributed by atoms with Gasteiger partial charge in [-0.05, 0) is 53.6 Å². The van der Waals surface area contributed by atoms with Crippen molar-refractivity contribution < 1.29 is 44.8 Å². The fourth-order valence-corrected chi connectivity index (χ4v) is 6.03. The number of hydrogen-bond acceptors (Lipinski definition) is 10. The lowest BCUT2D eigenvalue weighted by Gasteiger charge is -2.46. The Labute approximate surface area is 227 Å². The number of hydroxylamine groups is 2. The molecule has 2 aromatic carbocycles. The molecule has 8 N–H and O–H groups in total. The van der Waals surface area contributed by atoms with Gasteiger partial charge in [0.25, 0.3) is 5.91 Å². The number of nitrogens with zero attached hydrogens (tertiary/aromatic N) is 1. The molecule has 2 aromatic rings. The van der Waals surface area contributed by atoms with Crippen molar-refractivity contribution in [1.29, 1.82) is 0 Å². The number of aliphatic hydroxyl groups is 3. The number of aliphatic hydroxyl groups excluding tert-OH is 2. The number of aromatic hydroxyl groups is 1. The topological polar surface area (TPSA) is 211 Å². The molecule has 208 valence electrons. The van der Waals surface area contributed by atoms with E-state index >= 15 is 0 Å². The lowest BCUT2D eigenvalue weighted by Crippen LogP contribution is -2.58. The molecule has 5 rings (SSSR count). The zero-order chi connectivity index (χ0) is 29.1. The smallest absolute Gasteiger partial charge is 0.255 e. The molecule has 3 aliphatic rings. The van der Waals surface area contributed by atoms with Crippen LogP contribution in [0.15, 0.2) is 53.3 Å². The second kappa shape index (κ2) is 9.59. The monoisotopic (exact) mass is 549 g/mol. The number of anilines is 1. The van der Waals surface area contributed by atoms with Crippen LogP contribution in [0, 0.1) is 11.8 Å². The molecule has 0 unspecified atom stereocenters. The average Bonchev–Trinajstić information content (AvgIpc) is 2.86. The van der Waals surface area contributed by atoms with Gasteiger partial charge in [-0.15, -0.1) is 0 Å². The maximum Gasteiger partial charge on any atom is 0.255 e. The molecule has 12 heteroatoms. The Hall–Kier alpha value is -4.52. The molecule has 1 saturated carbocycles. The van der Waals surface area contributed by atoms with E-state index in [1.54, 1.807) is 30.3 Å². The van der Waals surface area contributed by atoms with Gasteiger partial charge in [-0.3, -0.25) is 19.2 Å². The van der Waals surface area contributed by atoms with Crippen LogP contribution >= 0.6 is 0 Å². The first kappa shape index (κ1) is 27.1. The Morgan fingerprint density at radius 2 is 1.75 bits per heavy atom. The van der Waals surface area contributed by atoms with E-state index in [-0.39, 0.29) is 36.3 Å². The number of nitrogens with one attached hydrogen (secondary N) is 1. The molecule has 0 aromatic heterocycles. The summed E-state index contributed by atoms with van der Waals surface area (Å²) >= 11 is 0. The number of hydrogen-bond donors (Lipinski definition) is 7. The van der Waals surface area contributed by atoms with Crippen molar-refractivity contribution in [3.63, 3.8) is 0 Å². The van der Waals surface area contributed by atoms with Gasteiger partial charge >= 0.3 is 0 Å². The van der Waals surface area contributed by atoms with E-state index in [1.165, 1.54) is 13.1 Å². The molecule has 2 amide bonds. The lowest BCUT2D eigenvalue weighted by atomic mass is 9.59. The highest BCUT2D eigenvalue weighted by Crippen LogP contribution is 2.53. The van der Waals surface area contributed by atoms with Crippen LogP contribution in [0.4, 0.5) is 5.69 Å².